The van der Waals surface area contributed by atoms with Gasteiger partial charge in [-0.1, -0.05) is 103 Å². The van der Waals surface area contributed by atoms with Gasteiger partial charge in [-0.3, -0.25) is 0 Å². The van der Waals surface area contributed by atoms with Crippen LogP contribution in [0.1, 0.15) is 5.56 Å². The van der Waals surface area contributed by atoms with Crippen molar-refractivity contribution in [1.29, 1.82) is 5.26 Å². The highest BCUT2D eigenvalue weighted by atomic mass is 16.3. The lowest BCUT2D eigenvalue weighted by Crippen LogP contribution is -1.91. The lowest BCUT2D eigenvalue weighted by atomic mass is 9.96. The Bertz CT molecular complexity index is 2670. The topological polar surface area (TPSA) is 62.7 Å². The number of hydrogen-bond donors (Lipinski definition) is 0. The number of rotatable bonds is 4. The predicted molar refractivity (Wildman–Crippen MR) is 191 cm³/mol. The van der Waals surface area contributed by atoms with Crippen LogP contribution < -0.4 is 0 Å². The number of nitriles is 1. The number of hydrogen-bond acceptors (Lipinski definition) is 4. The molecule has 0 aliphatic carbocycles. The molecule has 47 heavy (non-hydrogen) atoms. The van der Waals surface area contributed by atoms with Crippen LogP contribution in [0.3, 0.4) is 0 Å². The van der Waals surface area contributed by atoms with Gasteiger partial charge >= 0.3 is 0 Å². The molecule has 4 heteroatoms. The number of benzene rings is 6. The van der Waals surface area contributed by atoms with Crippen molar-refractivity contribution in [1.82, 2.24) is 9.97 Å². The maximum Gasteiger partial charge on any atom is 0.136 e. The van der Waals surface area contributed by atoms with E-state index in [1.165, 1.54) is 0 Å². The lowest BCUT2D eigenvalue weighted by Gasteiger charge is -2.09. The molecule has 3 aromatic heterocycles. The molecule has 0 atom stereocenters. The van der Waals surface area contributed by atoms with Crippen LogP contribution in [0, 0.1) is 11.3 Å². The van der Waals surface area contributed by atoms with Crippen LogP contribution in [-0.4, -0.2) is 9.97 Å². The van der Waals surface area contributed by atoms with Crippen molar-refractivity contribution in [3.8, 4) is 50.8 Å². The summed E-state index contributed by atoms with van der Waals surface area (Å²) in [5, 5.41) is 13.4. The number of furan rings is 1. The molecule has 0 radical (unpaired) electrons. The van der Waals surface area contributed by atoms with Crippen molar-refractivity contribution >= 4 is 43.7 Å². The summed E-state index contributed by atoms with van der Waals surface area (Å²) in [7, 11) is 0. The number of fused-ring (bicyclic) bond motifs is 6. The van der Waals surface area contributed by atoms with E-state index in [1.54, 1.807) is 0 Å². The molecular formula is C43H25N3O. The van der Waals surface area contributed by atoms with Crippen LogP contribution in [0.5, 0.6) is 0 Å². The zero-order valence-electron chi connectivity index (χ0n) is 25.2. The molecule has 9 aromatic rings. The van der Waals surface area contributed by atoms with Gasteiger partial charge in [0.15, 0.2) is 0 Å². The first-order chi connectivity index (χ1) is 23.2. The monoisotopic (exact) mass is 599 g/mol. The maximum absolute atomic E-state index is 9.15. The van der Waals surface area contributed by atoms with Gasteiger partial charge in [0.05, 0.1) is 34.1 Å². The second-order valence-electron chi connectivity index (χ2n) is 11.7. The van der Waals surface area contributed by atoms with Crippen LogP contribution in [0.25, 0.3) is 88.5 Å². The Kier molecular flexibility index (Phi) is 6.16. The molecule has 9 rings (SSSR count). The molecular weight excluding hydrogens is 574 g/mol. The molecule has 4 nitrogen and oxygen atoms in total. The maximum atomic E-state index is 9.15. The molecule has 218 valence electrons. The highest BCUT2D eigenvalue weighted by molar-refractivity contribution is 6.13. The highest BCUT2D eigenvalue weighted by Crippen LogP contribution is 2.39. The average molecular weight is 600 g/mol. The van der Waals surface area contributed by atoms with Gasteiger partial charge in [-0.25, -0.2) is 9.97 Å². The zero-order valence-corrected chi connectivity index (χ0v) is 25.2. The summed E-state index contributed by atoms with van der Waals surface area (Å²) in [6.07, 6.45) is 0. The van der Waals surface area contributed by atoms with E-state index in [0.717, 1.165) is 88.5 Å². The quantitative estimate of drug-likeness (QED) is 0.189. The molecule has 0 saturated carbocycles. The molecule has 0 N–H and O–H groups in total. The fraction of sp³-hybridized carbons (Fsp3) is 0. The molecule has 6 aromatic carbocycles. The number of pyridine rings is 2. The normalized spacial score (nSPS) is 11.4. The van der Waals surface area contributed by atoms with Gasteiger partial charge in [-0.15, -0.1) is 0 Å². The van der Waals surface area contributed by atoms with Crippen molar-refractivity contribution in [2.75, 3.05) is 0 Å². The van der Waals surface area contributed by atoms with E-state index in [1.807, 2.05) is 60.7 Å². The summed E-state index contributed by atoms with van der Waals surface area (Å²) < 4.78 is 6.35. The van der Waals surface area contributed by atoms with Crippen LogP contribution in [0.4, 0.5) is 0 Å². The first-order valence-electron chi connectivity index (χ1n) is 15.5. The summed E-state index contributed by atoms with van der Waals surface area (Å²) in [6.45, 7) is 0. The van der Waals surface area contributed by atoms with Crippen molar-refractivity contribution in [2.24, 2.45) is 0 Å². The second-order valence-corrected chi connectivity index (χ2v) is 11.7. The van der Waals surface area contributed by atoms with Crippen molar-refractivity contribution in [2.45, 2.75) is 0 Å². The Morgan fingerprint density at radius 1 is 0.468 bits per heavy atom. The Hall–Kier alpha value is -6.57. The molecule has 0 bridgehead atoms. The molecule has 0 aliphatic rings. The van der Waals surface area contributed by atoms with Crippen LogP contribution in [0.15, 0.2) is 156 Å². The minimum absolute atomic E-state index is 0.657. The zero-order chi connectivity index (χ0) is 31.3. The van der Waals surface area contributed by atoms with Crippen molar-refractivity contribution in [3.05, 3.63) is 157 Å². The van der Waals surface area contributed by atoms with E-state index < -0.39 is 0 Å². The second kappa shape index (κ2) is 10.8. The minimum atomic E-state index is 0.657. The Balaban J connectivity index is 1.15. The molecule has 0 fully saturated rings. The number of aromatic nitrogens is 2. The van der Waals surface area contributed by atoms with Gasteiger partial charge in [0.2, 0.25) is 0 Å². The Labute approximate surface area is 270 Å². The molecule has 0 unspecified atom stereocenters. The SMILES string of the molecule is N#Cc1ccc(-c2ccc(-c3cccc4oc5ccc(-c6ccc7ccc8ccc(-c9ccccc9)nc8c7n6)cc5c34)cc2)cc1. The van der Waals surface area contributed by atoms with Gasteiger partial charge in [0.1, 0.15) is 11.2 Å². The standard InChI is InChI=1S/C43H25N3O/c44-26-27-9-11-28(12-10-27)29-13-15-30(16-14-29)35-7-4-8-40-41(35)36-25-34(21-24-39(36)47-40)38-23-20-33-18-17-32-19-22-37(31-5-2-1-3-6-31)45-42(32)43(33)46-38/h1-25H. The summed E-state index contributed by atoms with van der Waals surface area (Å²) in [6, 6.07) is 53.9. The largest absolute Gasteiger partial charge is 0.456 e. The van der Waals surface area contributed by atoms with Gasteiger partial charge < -0.3 is 4.42 Å². The smallest absolute Gasteiger partial charge is 0.136 e. The Morgan fingerprint density at radius 3 is 1.74 bits per heavy atom. The summed E-state index contributed by atoms with van der Waals surface area (Å²) in [5.74, 6) is 0. The van der Waals surface area contributed by atoms with Crippen LogP contribution >= 0.6 is 0 Å². The summed E-state index contributed by atoms with van der Waals surface area (Å²) in [5.41, 5.74) is 12.4. The average Bonchev–Trinajstić information content (AvgIpc) is 3.53. The van der Waals surface area contributed by atoms with E-state index in [-0.39, 0.29) is 0 Å². The van der Waals surface area contributed by atoms with Gasteiger partial charge in [0, 0.05) is 32.7 Å². The summed E-state index contributed by atoms with van der Waals surface area (Å²) >= 11 is 0. The lowest BCUT2D eigenvalue weighted by molar-refractivity contribution is 0.669. The third-order valence-electron chi connectivity index (χ3n) is 8.92. The third kappa shape index (κ3) is 4.61. The van der Waals surface area contributed by atoms with Gasteiger partial charge in [0.25, 0.3) is 0 Å². The van der Waals surface area contributed by atoms with Crippen molar-refractivity contribution in [3.63, 3.8) is 0 Å². The molecule has 0 amide bonds. The first-order valence-corrected chi connectivity index (χ1v) is 15.5. The first kappa shape index (κ1) is 26.8. The fourth-order valence-electron chi connectivity index (χ4n) is 6.50. The molecule has 0 spiro atoms. The summed E-state index contributed by atoms with van der Waals surface area (Å²) in [4.78, 5) is 10.3. The van der Waals surface area contributed by atoms with E-state index in [9.17, 15) is 0 Å². The van der Waals surface area contributed by atoms with E-state index in [4.69, 9.17) is 19.6 Å². The molecule has 3 heterocycles. The van der Waals surface area contributed by atoms with Crippen molar-refractivity contribution < 1.29 is 4.42 Å². The minimum Gasteiger partial charge on any atom is -0.456 e. The van der Waals surface area contributed by atoms with Crippen LogP contribution in [-0.2, 0) is 0 Å². The highest BCUT2D eigenvalue weighted by Gasteiger charge is 2.15. The van der Waals surface area contributed by atoms with Crippen LogP contribution in [0.2, 0.25) is 0 Å². The Morgan fingerprint density at radius 2 is 1.06 bits per heavy atom. The van der Waals surface area contributed by atoms with E-state index in [0.29, 0.717) is 5.56 Å². The van der Waals surface area contributed by atoms with Gasteiger partial charge in [-0.05, 0) is 70.8 Å². The van der Waals surface area contributed by atoms with Gasteiger partial charge in [-0.2, -0.15) is 5.26 Å². The fourth-order valence-corrected chi connectivity index (χ4v) is 6.50. The molecule has 0 aliphatic heterocycles. The number of nitrogens with zero attached hydrogens (tertiary/aromatic N) is 3. The molecule has 0 saturated heterocycles. The third-order valence-corrected chi connectivity index (χ3v) is 8.92. The van der Waals surface area contributed by atoms with E-state index in [2.05, 4.69) is 97.1 Å². The van der Waals surface area contributed by atoms with E-state index >= 15 is 0 Å². The predicted octanol–water partition coefficient (Wildman–Crippen LogP) is 11.2.